The molecule has 20 heavy (non-hydrogen) atoms. The number of benzene rings is 2. The summed E-state index contributed by atoms with van der Waals surface area (Å²) in [6.07, 6.45) is 0. The Hall–Kier alpha value is -2.48. The first-order valence-corrected chi connectivity index (χ1v) is 6.48. The van der Waals surface area contributed by atoms with Gasteiger partial charge < -0.3 is 0 Å². The van der Waals surface area contributed by atoms with Crippen LogP contribution in [0.1, 0.15) is 34.6 Å². The molecule has 0 saturated carbocycles. The number of ketones is 2. The highest BCUT2D eigenvalue weighted by Crippen LogP contribution is 2.17. The zero-order valence-electron chi connectivity index (χ0n) is 11.6. The Balaban J connectivity index is 2.42. The van der Waals surface area contributed by atoms with E-state index in [1.165, 1.54) is 0 Å². The maximum Gasteiger partial charge on any atom is 0.196 e. The lowest BCUT2D eigenvalue weighted by Gasteiger charge is -2.08. The Morgan fingerprint density at radius 3 is 1.30 bits per heavy atom. The van der Waals surface area contributed by atoms with Crippen LogP contribution in [0.3, 0.4) is 0 Å². The van der Waals surface area contributed by atoms with E-state index in [0.717, 1.165) is 5.57 Å². The van der Waals surface area contributed by atoms with E-state index in [-0.39, 0.29) is 17.1 Å². The highest BCUT2D eigenvalue weighted by atomic mass is 16.1. The molecule has 0 fully saturated rings. The molecule has 0 aromatic heterocycles. The standard InChI is InChI=1S/C18H16O2/c1-13(2)16(17(19)14-9-5-3-6-10-14)18(20)15-11-7-4-8-12-15/h3-12H,1-2H3. The monoisotopic (exact) mass is 264 g/mol. The summed E-state index contributed by atoms with van der Waals surface area (Å²) in [6, 6.07) is 17.8. The van der Waals surface area contributed by atoms with E-state index in [9.17, 15) is 9.59 Å². The summed E-state index contributed by atoms with van der Waals surface area (Å²) < 4.78 is 0. The van der Waals surface area contributed by atoms with Crippen molar-refractivity contribution in [2.45, 2.75) is 13.8 Å². The molecule has 0 saturated heterocycles. The first kappa shape index (κ1) is 13.9. The topological polar surface area (TPSA) is 34.1 Å². The molecule has 2 nitrogen and oxygen atoms in total. The van der Waals surface area contributed by atoms with Crippen molar-refractivity contribution in [2.24, 2.45) is 0 Å². The molecule has 0 heterocycles. The minimum atomic E-state index is -0.223. The fourth-order valence-corrected chi connectivity index (χ4v) is 2.02. The molecule has 2 rings (SSSR count). The van der Waals surface area contributed by atoms with E-state index < -0.39 is 0 Å². The van der Waals surface area contributed by atoms with E-state index in [2.05, 4.69) is 0 Å². The van der Waals surface area contributed by atoms with Crippen molar-refractivity contribution < 1.29 is 9.59 Å². The average Bonchev–Trinajstić information content (AvgIpc) is 2.48. The smallest absolute Gasteiger partial charge is 0.196 e. The summed E-state index contributed by atoms with van der Waals surface area (Å²) in [4.78, 5) is 25.0. The average molecular weight is 264 g/mol. The van der Waals surface area contributed by atoms with Crippen molar-refractivity contribution in [2.75, 3.05) is 0 Å². The van der Waals surface area contributed by atoms with Gasteiger partial charge in [0, 0.05) is 11.1 Å². The maximum atomic E-state index is 12.5. The van der Waals surface area contributed by atoms with Crippen LogP contribution in [-0.2, 0) is 0 Å². The zero-order valence-corrected chi connectivity index (χ0v) is 11.6. The van der Waals surface area contributed by atoms with Gasteiger partial charge in [-0.25, -0.2) is 0 Å². The number of rotatable bonds is 4. The van der Waals surface area contributed by atoms with Gasteiger partial charge in [0.15, 0.2) is 11.6 Å². The van der Waals surface area contributed by atoms with Crippen LogP contribution < -0.4 is 0 Å². The van der Waals surface area contributed by atoms with Crippen LogP contribution in [0.2, 0.25) is 0 Å². The summed E-state index contributed by atoms with van der Waals surface area (Å²) in [5.74, 6) is -0.445. The van der Waals surface area contributed by atoms with Gasteiger partial charge in [0.25, 0.3) is 0 Å². The molecule has 0 spiro atoms. The largest absolute Gasteiger partial charge is 0.288 e. The van der Waals surface area contributed by atoms with E-state index in [1.54, 1.807) is 62.4 Å². The van der Waals surface area contributed by atoms with Crippen molar-refractivity contribution in [3.8, 4) is 0 Å². The second-order valence-corrected chi connectivity index (χ2v) is 4.77. The summed E-state index contributed by atoms with van der Waals surface area (Å²) in [5.41, 5.74) is 2.05. The number of carbonyl (C=O) groups is 2. The van der Waals surface area contributed by atoms with Gasteiger partial charge in [0.1, 0.15) is 0 Å². The third-order valence-corrected chi connectivity index (χ3v) is 3.03. The third-order valence-electron chi connectivity index (χ3n) is 3.03. The molecule has 0 atom stereocenters. The summed E-state index contributed by atoms with van der Waals surface area (Å²) in [7, 11) is 0. The van der Waals surface area contributed by atoms with Gasteiger partial charge in [-0.05, 0) is 13.8 Å². The normalized spacial score (nSPS) is 9.90. The molecule has 0 aliphatic rings. The number of hydrogen-bond donors (Lipinski definition) is 0. The van der Waals surface area contributed by atoms with Crippen LogP contribution in [0.4, 0.5) is 0 Å². The maximum absolute atomic E-state index is 12.5. The zero-order chi connectivity index (χ0) is 14.5. The first-order chi connectivity index (χ1) is 9.61. The predicted molar refractivity (Wildman–Crippen MR) is 79.9 cm³/mol. The van der Waals surface area contributed by atoms with Crippen LogP contribution in [0.25, 0.3) is 0 Å². The van der Waals surface area contributed by atoms with Gasteiger partial charge in [-0.1, -0.05) is 66.2 Å². The lowest BCUT2D eigenvalue weighted by atomic mass is 9.93. The number of carbonyl (C=O) groups excluding carboxylic acids is 2. The minimum absolute atomic E-state index is 0.223. The fraction of sp³-hybridized carbons (Fsp3) is 0.111. The van der Waals surface area contributed by atoms with Crippen LogP contribution in [0.5, 0.6) is 0 Å². The van der Waals surface area contributed by atoms with Gasteiger partial charge in [-0.2, -0.15) is 0 Å². The van der Waals surface area contributed by atoms with Crippen LogP contribution in [0.15, 0.2) is 71.8 Å². The Bertz CT molecular complexity index is 595. The van der Waals surface area contributed by atoms with Gasteiger partial charge in [-0.3, -0.25) is 9.59 Å². The highest BCUT2D eigenvalue weighted by Gasteiger charge is 2.22. The first-order valence-electron chi connectivity index (χ1n) is 6.48. The molecule has 0 amide bonds. The molecule has 2 aromatic carbocycles. The van der Waals surface area contributed by atoms with Crippen molar-refractivity contribution >= 4 is 11.6 Å². The van der Waals surface area contributed by atoms with Crippen LogP contribution in [-0.4, -0.2) is 11.6 Å². The van der Waals surface area contributed by atoms with Crippen molar-refractivity contribution in [1.82, 2.24) is 0 Å². The third kappa shape index (κ3) is 2.91. The fourth-order valence-electron chi connectivity index (χ4n) is 2.02. The van der Waals surface area contributed by atoms with Gasteiger partial charge >= 0.3 is 0 Å². The highest BCUT2D eigenvalue weighted by molar-refractivity contribution is 6.31. The number of allylic oxidation sites excluding steroid dienone is 2. The molecule has 0 radical (unpaired) electrons. The van der Waals surface area contributed by atoms with Gasteiger partial charge in [0.05, 0.1) is 5.57 Å². The molecular formula is C18H16O2. The molecule has 2 aromatic rings. The second kappa shape index (κ2) is 6.11. The number of hydrogen-bond acceptors (Lipinski definition) is 2. The van der Waals surface area contributed by atoms with Gasteiger partial charge in [-0.15, -0.1) is 0 Å². The molecule has 0 aliphatic carbocycles. The van der Waals surface area contributed by atoms with Crippen molar-refractivity contribution in [1.29, 1.82) is 0 Å². The summed E-state index contributed by atoms with van der Waals surface area (Å²) in [6.45, 7) is 3.58. The Labute approximate surface area is 118 Å². The molecule has 0 aliphatic heterocycles. The minimum Gasteiger partial charge on any atom is -0.288 e. The van der Waals surface area contributed by atoms with Gasteiger partial charge in [0.2, 0.25) is 0 Å². The molecule has 0 N–H and O–H groups in total. The summed E-state index contributed by atoms with van der Waals surface area (Å²) >= 11 is 0. The molecule has 0 unspecified atom stereocenters. The van der Waals surface area contributed by atoms with E-state index in [0.29, 0.717) is 11.1 Å². The van der Waals surface area contributed by atoms with E-state index in [4.69, 9.17) is 0 Å². The lowest BCUT2D eigenvalue weighted by Crippen LogP contribution is -2.15. The van der Waals surface area contributed by atoms with Crippen LogP contribution >= 0.6 is 0 Å². The molecular weight excluding hydrogens is 248 g/mol. The van der Waals surface area contributed by atoms with Crippen molar-refractivity contribution in [3.63, 3.8) is 0 Å². The number of Topliss-reactive ketones (excluding diaryl/α,β-unsaturated/α-hetero) is 2. The van der Waals surface area contributed by atoms with E-state index in [1.807, 2.05) is 12.1 Å². The molecule has 100 valence electrons. The molecule has 0 bridgehead atoms. The predicted octanol–water partition coefficient (Wildman–Crippen LogP) is 4.09. The van der Waals surface area contributed by atoms with E-state index >= 15 is 0 Å². The van der Waals surface area contributed by atoms with Crippen LogP contribution in [0, 0.1) is 0 Å². The Morgan fingerprint density at radius 1 is 0.650 bits per heavy atom. The SMILES string of the molecule is CC(C)=C(C(=O)c1ccccc1)C(=O)c1ccccc1. The Kier molecular flexibility index (Phi) is 4.26. The van der Waals surface area contributed by atoms with Crippen molar-refractivity contribution in [3.05, 3.63) is 82.9 Å². The second-order valence-electron chi connectivity index (χ2n) is 4.77. The summed E-state index contributed by atoms with van der Waals surface area (Å²) in [5, 5.41) is 0. The quantitative estimate of drug-likeness (QED) is 0.361. The Morgan fingerprint density at radius 2 is 1.00 bits per heavy atom. The molecule has 2 heteroatoms. The lowest BCUT2D eigenvalue weighted by molar-refractivity contribution is 0.0961.